The molecule has 1 aromatic rings. The molecule has 0 unspecified atom stereocenters. The second-order valence-corrected chi connectivity index (χ2v) is 3.12. The fourth-order valence-corrected chi connectivity index (χ4v) is 0.954. The average Bonchev–Trinajstić information content (AvgIpc) is 2.08. The first-order chi connectivity index (χ1) is 6.20. The van der Waals surface area contributed by atoms with Crippen molar-refractivity contribution in [1.82, 2.24) is 0 Å². The molecule has 1 rings (SSSR count). The van der Waals surface area contributed by atoms with Crippen molar-refractivity contribution in [3.8, 4) is 0 Å². The summed E-state index contributed by atoms with van der Waals surface area (Å²) in [6, 6.07) is 6.73. The minimum Gasteiger partial charge on any atom is -0.206 e. The molecule has 0 aliphatic rings. The maximum absolute atomic E-state index is 13.0. The Morgan fingerprint density at radius 3 is 2.54 bits per heavy atom. The Labute approximate surface area is 78.4 Å². The Bertz CT molecular complexity index is 331. The predicted octanol–water partition coefficient (Wildman–Crippen LogP) is 3.81. The van der Waals surface area contributed by atoms with E-state index in [0.29, 0.717) is 5.56 Å². The molecule has 0 radical (unpaired) electrons. The summed E-state index contributed by atoms with van der Waals surface area (Å²) in [5.41, 5.74) is 1.83. The predicted molar refractivity (Wildman–Crippen MR) is 54.9 cm³/mol. The van der Waals surface area contributed by atoms with E-state index in [0.717, 1.165) is 0 Å². The summed E-state index contributed by atoms with van der Waals surface area (Å²) in [7, 11) is 0. The lowest BCUT2D eigenvalue weighted by atomic mass is 10.2. The van der Waals surface area contributed by atoms with E-state index in [1.54, 1.807) is 18.2 Å². The quantitative estimate of drug-likeness (QED) is 0.601. The third-order valence-corrected chi connectivity index (χ3v) is 1.61. The molecule has 0 bridgehead atoms. The van der Waals surface area contributed by atoms with Crippen LogP contribution in [-0.2, 0) is 0 Å². The molecule has 0 atom stereocenters. The SMILES string of the molecule is CC(C)=C/C=C\c1ccccc1F. The maximum atomic E-state index is 13.0. The van der Waals surface area contributed by atoms with Crippen LogP contribution in [0.1, 0.15) is 19.4 Å². The van der Waals surface area contributed by atoms with Crippen LogP contribution < -0.4 is 0 Å². The number of allylic oxidation sites excluding steroid dienone is 3. The Balaban J connectivity index is 2.80. The standard InChI is InChI=1S/C12H13F/c1-10(2)6-5-8-11-7-3-4-9-12(11)13/h3-9H,1-2H3/b8-5-. The summed E-state index contributed by atoms with van der Waals surface area (Å²) in [6.45, 7) is 4.01. The summed E-state index contributed by atoms with van der Waals surface area (Å²) >= 11 is 0. The van der Waals surface area contributed by atoms with E-state index in [-0.39, 0.29) is 5.82 Å². The number of rotatable bonds is 2. The van der Waals surface area contributed by atoms with Gasteiger partial charge in [-0.05, 0) is 19.9 Å². The van der Waals surface area contributed by atoms with Crippen molar-refractivity contribution in [3.63, 3.8) is 0 Å². The molecule has 0 heterocycles. The van der Waals surface area contributed by atoms with Crippen LogP contribution in [0.2, 0.25) is 0 Å². The van der Waals surface area contributed by atoms with E-state index in [1.807, 2.05) is 32.1 Å². The number of hydrogen-bond acceptors (Lipinski definition) is 0. The molecular formula is C12H13F. The van der Waals surface area contributed by atoms with Crippen LogP contribution in [0, 0.1) is 5.82 Å². The zero-order valence-electron chi connectivity index (χ0n) is 7.92. The van der Waals surface area contributed by atoms with Crippen LogP contribution in [0.15, 0.2) is 42.0 Å². The molecule has 1 heteroatoms. The van der Waals surface area contributed by atoms with Gasteiger partial charge in [0.2, 0.25) is 0 Å². The van der Waals surface area contributed by atoms with Crippen LogP contribution in [0.25, 0.3) is 6.08 Å². The first-order valence-electron chi connectivity index (χ1n) is 4.26. The normalized spacial score (nSPS) is 10.4. The van der Waals surface area contributed by atoms with Gasteiger partial charge in [-0.3, -0.25) is 0 Å². The van der Waals surface area contributed by atoms with Gasteiger partial charge in [-0.1, -0.05) is 42.0 Å². The van der Waals surface area contributed by atoms with Crippen molar-refractivity contribution in [2.45, 2.75) is 13.8 Å². The summed E-state index contributed by atoms with van der Waals surface area (Å²) in [5.74, 6) is -0.180. The zero-order valence-corrected chi connectivity index (χ0v) is 7.92. The molecule has 0 aliphatic carbocycles. The molecule has 0 aliphatic heterocycles. The molecular weight excluding hydrogens is 163 g/mol. The Morgan fingerprint density at radius 1 is 1.23 bits per heavy atom. The fraction of sp³-hybridized carbons (Fsp3) is 0.167. The van der Waals surface area contributed by atoms with Gasteiger partial charge >= 0.3 is 0 Å². The van der Waals surface area contributed by atoms with E-state index in [1.165, 1.54) is 11.6 Å². The van der Waals surface area contributed by atoms with Crippen molar-refractivity contribution in [1.29, 1.82) is 0 Å². The molecule has 68 valence electrons. The Kier molecular flexibility index (Phi) is 3.44. The lowest BCUT2D eigenvalue weighted by Gasteiger charge is -1.93. The third-order valence-electron chi connectivity index (χ3n) is 1.61. The lowest BCUT2D eigenvalue weighted by molar-refractivity contribution is 0.625. The second kappa shape index (κ2) is 4.61. The van der Waals surface area contributed by atoms with Crippen molar-refractivity contribution in [2.24, 2.45) is 0 Å². The van der Waals surface area contributed by atoms with Crippen LogP contribution in [0.3, 0.4) is 0 Å². The van der Waals surface area contributed by atoms with Gasteiger partial charge in [0.05, 0.1) is 0 Å². The molecule has 0 nitrogen and oxygen atoms in total. The highest BCUT2D eigenvalue weighted by atomic mass is 19.1. The first kappa shape index (κ1) is 9.72. The van der Waals surface area contributed by atoms with Crippen LogP contribution >= 0.6 is 0 Å². The number of halogens is 1. The highest BCUT2D eigenvalue weighted by molar-refractivity contribution is 5.51. The van der Waals surface area contributed by atoms with E-state index in [9.17, 15) is 4.39 Å². The van der Waals surface area contributed by atoms with E-state index < -0.39 is 0 Å². The van der Waals surface area contributed by atoms with Crippen LogP contribution in [0.5, 0.6) is 0 Å². The largest absolute Gasteiger partial charge is 0.206 e. The molecule has 0 spiro atoms. The summed E-state index contributed by atoms with van der Waals surface area (Å²) in [6.07, 6.45) is 5.57. The van der Waals surface area contributed by atoms with Gasteiger partial charge in [0, 0.05) is 5.56 Å². The Hall–Kier alpha value is -1.37. The maximum Gasteiger partial charge on any atom is 0.130 e. The van der Waals surface area contributed by atoms with Crippen LogP contribution in [-0.4, -0.2) is 0 Å². The molecule has 0 N–H and O–H groups in total. The zero-order chi connectivity index (χ0) is 9.68. The van der Waals surface area contributed by atoms with Crippen molar-refractivity contribution >= 4 is 6.08 Å². The van der Waals surface area contributed by atoms with Crippen molar-refractivity contribution in [2.75, 3.05) is 0 Å². The highest BCUT2D eigenvalue weighted by Gasteiger charge is 1.93. The van der Waals surface area contributed by atoms with E-state index in [4.69, 9.17) is 0 Å². The number of benzene rings is 1. The molecule has 0 fully saturated rings. The molecule has 13 heavy (non-hydrogen) atoms. The monoisotopic (exact) mass is 176 g/mol. The third kappa shape index (κ3) is 3.24. The molecule has 0 saturated heterocycles. The summed E-state index contributed by atoms with van der Waals surface area (Å²) < 4.78 is 13.0. The molecule has 0 amide bonds. The summed E-state index contributed by atoms with van der Waals surface area (Å²) in [5, 5.41) is 0. The van der Waals surface area contributed by atoms with Gasteiger partial charge in [0.1, 0.15) is 5.82 Å². The Morgan fingerprint density at radius 2 is 1.92 bits per heavy atom. The van der Waals surface area contributed by atoms with Crippen LogP contribution in [0.4, 0.5) is 4.39 Å². The molecule has 1 aromatic carbocycles. The smallest absolute Gasteiger partial charge is 0.130 e. The highest BCUT2D eigenvalue weighted by Crippen LogP contribution is 2.08. The van der Waals surface area contributed by atoms with E-state index in [2.05, 4.69) is 0 Å². The van der Waals surface area contributed by atoms with E-state index >= 15 is 0 Å². The lowest BCUT2D eigenvalue weighted by Crippen LogP contribution is -1.78. The van der Waals surface area contributed by atoms with Gasteiger partial charge in [-0.2, -0.15) is 0 Å². The van der Waals surface area contributed by atoms with Gasteiger partial charge < -0.3 is 0 Å². The minimum atomic E-state index is -0.180. The molecule has 0 saturated carbocycles. The second-order valence-electron chi connectivity index (χ2n) is 3.12. The van der Waals surface area contributed by atoms with Crippen molar-refractivity contribution in [3.05, 3.63) is 53.4 Å². The molecule has 0 aromatic heterocycles. The number of hydrogen-bond donors (Lipinski definition) is 0. The fourth-order valence-electron chi connectivity index (χ4n) is 0.954. The van der Waals surface area contributed by atoms with Crippen molar-refractivity contribution < 1.29 is 4.39 Å². The average molecular weight is 176 g/mol. The minimum absolute atomic E-state index is 0.180. The van der Waals surface area contributed by atoms with Gasteiger partial charge in [-0.15, -0.1) is 0 Å². The summed E-state index contributed by atoms with van der Waals surface area (Å²) in [4.78, 5) is 0. The topological polar surface area (TPSA) is 0 Å². The van der Waals surface area contributed by atoms with Gasteiger partial charge in [-0.25, -0.2) is 4.39 Å². The van der Waals surface area contributed by atoms with Gasteiger partial charge in [0.15, 0.2) is 0 Å². The first-order valence-corrected chi connectivity index (χ1v) is 4.26. The van der Waals surface area contributed by atoms with Gasteiger partial charge in [0.25, 0.3) is 0 Å².